The highest BCUT2D eigenvalue weighted by molar-refractivity contribution is 5.69. The predicted molar refractivity (Wildman–Crippen MR) is 119 cm³/mol. The molecule has 0 saturated heterocycles. The molecule has 0 fully saturated rings. The van der Waals surface area contributed by atoms with Gasteiger partial charge in [-0.3, -0.25) is 9.59 Å². The molecule has 0 aromatic heterocycles. The molecule has 0 radical (unpaired) electrons. The topological polar surface area (TPSA) is 63.6 Å². The molecule has 0 rings (SSSR count). The highest BCUT2D eigenvalue weighted by Gasteiger charge is 2.09. The molecule has 0 aromatic carbocycles. The highest BCUT2D eigenvalue weighted by Crippen LogP contribution is 2.13. The zero-order chi connectivity index (χ0) is 21.5. The molecule has 4 nitrogen and oxygen atoms in total. The average molecular weight is 401 g/mol. The first-order valence-corrected chi connectivity index (χ1v) is 11.8. The molecular formula is C24H48O4. The Morgan fingerprint density at radius 1 is 0.714 bits per heavy atom. The Morgan fingerprint density at radius 2 is 1.11 bits per heavy atom. The predicted octanol–water partition coefficient (Wildman–Crippen LogP) is 7.54. The number of carboxylic acids is 1. The van der Waals surface area contributed by atoms with Crippen molar-refractivity contribution in [3.05, 3.63) is 0 Å². The van der Waals surface area contributed by atoms with Gasteiger partial charge in [-0.1, -0.05) is 111 Å². The van der Waals surface area contributed by atoms with Crippen LogP contribution in [0, 0.1) is 5.92 Å². The summed E-state index contributed by atoms with van der Waals surface area (Å²) < 4.78 is 4.56. The number of hydrogen-bond donors (Lipinski definition) is 1. The van der Waals surface area contributed by atoms with Crippen LogP contribution < -0.4 is 0 Å². The number of aliphatic carboxylic acids is 1. The van der Waals surface area contributed by atoms with Crippen LogP contribution in [0.3, 0.4) is 0 Å². The second kappa shape index (κ2) is 24.0. The number of methoxy groups -OCH3 is 1. The van der Waals surface area contributed by atoms with Gasteiger partial charge < -0.3 is 9.84 Å². The summed E-state index contributed by atoms with van der Waals surface area (Å²) in [6.07, 6.45) is 20.4. The number of unbranched alkanes of at least 4 members (excludes halogenated alkanes) is 13. The smallest absolute Gasteiger partial charge is 0.306 e. The summed E-state index contributed by atoms with van der Waals surface area (Å²) in [6, 6.07) is 0. The maximum Gasteiger partial charge on any atom is 0.306 e. The fourth-order valence-electron chi connectivity index (χ4n) is 3.04. The first-order valence-electron chi connectivity index (χ1n) is 11.8. The monoisotopic (exact) mass is 400 g/mol. The van der Waals surface area contributed by atoms with Crippen LogP contribution in [0.4, 0.5) is 0 Å². The van der Waals surface area contributed by atoms with Crippen molar-refractivity contribution in [2.45, 2.75) is 130 Å². The Balaban J connectivity index is 0. The highest BCUT2D eigenvalue weighted by atomic mass is 16.5. The van der Waals surface area contributed by atoms with Gasteiger partial charge in [0, 0.05) is 6.42 Å². The van der Waals surface area contributed by atoms with Crippen molar-refractivity contribution < 1.29 is 19.4 Å². The van der Waals surface area contributed by atoms with E-state index in [1.54, 1.807) is 6.92 Å². The summed E-state index contributed by atoms with van der Waals surface area (Å²) in [7, 11) is 1.45. The van der Waals surface area contributed by atoms with E-state index < -0.39 is 5.97 Å². The number of carbonyl (C=O) groups is 2. The molecule has 1 atom stereocenters. The van der Waals surface area contributed by atoms with Crippen LogP contribution in [-0.4, -0.2) is 24.2 Å². The van der Waals surface area contributed by atoms with Crippen LogP contribution in [-0.2, 0) is 14.3 Å². The number of carboxylic acid groups (broad SMARTS) is 1. The van der Waals surface area contributed by atoms with Crippen molar-refractivity contribution >= 4 is 11.9 Å². The molecule has 0 amide bonds. The van der Waals surface area contributed by atoms with E-state index >= 15 is 0 Å². The zero-order valence-corrected chi connectivity index (χ0v) is 19.3. The van der Waals surface area contributed by atoms with Gasteiger partial charge in [-0.05, 0) is 12.8 Å². The van der Waals surface area contributed by atoms with Gasteiger partial charge in [0.15, 0.2) is 0 Å². The summed E-state index contributed by atoms with van der Waals surface area (Å²) in [6.45, 7) is 6.24. The first-order chi connectivity index (χ1) is 13.5. The maximum atomic E-state index is 10.7. The Bertz CT molecular complexity index is 341. The zero-order valence-electron chi connectivity index (χ0n) is 19.3. The molecule has 0 aliphatic heterocycles. The van der Waals surface area contributed by atoms with Crippen molar-refractivity contribution in [3.63, 3.8) is 0 Å². The van der Waals surface area contributed by atoms with Gasteiger partial charge in [0.1, 0.15) is 0 Å². The van der Waals surface area contributed by atoms with Crippen molar-refractivity contribution in [2.24, 2.45) is 5.92 Å². The largest absolute Gasteiger partial charge is 0.481 e. The average Bonchev–Trinajstić information content (AvgIpc) is 2.69. The molecule has 28 heavy (non-hydrogen) atoms. The van der Waals surface area contributed by atoms with Gasteiger partial charge in [-0.2, -0.15) is 0 Å². The lowest BCUT2D eigenvalue weighted by atomic mass is 10.0. The summed E-state index contributed by atoms with van der Waals surface area (Å²) in [5.41, 5.74) is 0. The van der Waals surface area contributed by atoms with Crippen LogP contribution >= 0.6 is 0 Å². The van der Waals surface area contributed by atoms with Gasteiger partial charge >= 0.3 is 11.9 Å². The van der Waals surface area contributed by atoms with Gasteiger partial charge in [-0.15, -0.1) is 0 Å². The Hall–Kier alpha value is -1.06. The van der Waals surface area contributed by atoms with Crippen LogP contribution in [0.1, 0.15) is 130 Å². The Labute approximate surface area is 174 Å². The fraction of sp³-hybridized carbons (Fsp3) is 0.917. The van der Waals surface area contributed by atoms with E-state index in [1.807, 2.05) is 0 Å². The molecule has 0 saturated carbocycles. The molecule has 1 N–H and O–H groups in total. The van der Waals surface area contributed by atoms with Crippen LogP contribution in [0.2, 0.25) is 0 Å². The van der Waals surface area contributed by atoms with Gasteiger partial charge in [0.05, 0.1) is 13.0 Å². The van der Waals surface area contributed by atoms with Crippen molar-refractivity contribution in [1.82, 2.24) is 0 Å². The second-order valence-electron chi connectivity index (χ2n) is 7.95. The van der Waals surface area contributed by atoms with E-state index in [0.29, 0.717) is 6.42 Å². The fourth-order valence-corrected chi connectivity index (χ4v) is 3.04. The number of carbonyl (C=O) groups excluding carboxylic acids is 1. The second-order valence-corrected chi connectivity index (χ2v) is 7.95. The number of ether oxygens (including phenoxy) is 1. The van der Waals surface area contributed by atoms with E-state index in [1.165, 1.54) is 90.6 Å². The molecule has 0 bridgehead atoms. The molecule has 168 valence electrons. The molecule has 0 aliphatic carbocycles. The van der Waals surface area contributed by atoms with E-state index in [2.05, 4.69) is 18.6 Å². The van der Waals surface area contributed by atoms with E-state index in [4.69, 9.17) is 5.11 Å². The lowest BCUT2D eigenvalue weighted by molar-refractivity contribution is -0.142. The minimum absolute atomic E-state index is 0.0754. The van der Waals surface area contributed by atoms with Crippen LogP contribution in [0.5, 0.6) is 0 Å². The SMILES string of the molecule is CCCCCCCCCC(=O)OC.CCCCCCCCCCC(C)C(=O)O. The lowest BCUT2D eigenvalue weighted by Crippen LogP contribution is -2.08. The standard InChI is InChI=1S/C13H26O2.C11H22O2/c1-3-4-5-6-7-8-9-10-11-12(2)13(14)15;1-3-4-5-6-7-8-9-10-11(12)13-2/h12H,3-11H2,1-2H3,(H,14,15);3-10H2,1-2H3. The summed E-state index contributed by atoms with van der Waals surface area (Å²) >= 11 is 0. The molecule has 1 unspecified atom stereocenters. The maximum absolute atomic E-state index is 10.7. The third-order valence-electron chi connectivity index (χ3n) is 5.12. The third kappa shape index (κ3) is 24.9. The van der Waals surface area contributed by atoms with Crippen LogP contribution in [0.25, 0.3) is 0 Å². The quantitative estimate of drug-likeness (QED) is 0.191. The summed E-state index contributed by atoms with van der Waals surface area (Å²) in [4.78, 5) is 21.3. The van der Waals surface area contributed by atoms with E-state index in [9.17, 15) is 9.59 Å². The number of rotatable bonds is 18. The minimum atomic E-state index is -0.655. The van der Waals surface area contributed by atoms with E-state index in [-0.39, 0.29) is 11.9 Å². The van der Waals surface area contributed by atoms with Gasteiger partial charge in [0.2, 0.25) is 0 Å². The Morgan fingerprint density at radius 3 is 1.50 bits per heavy atom. The van der Waals surface area contributed by atoms with Crippen LogP contribution in [0.15, 0.2) is 0 Å². The van der Waals surface area contributed by atoms with Crippen molar-refractivity contribution in [3.8, 4) is 0 Å². The van der Waals surface area contributed by atoms with E-state index in [0.717, 1.165) is 19.3 Å². The van der Waals surface area contributed by atoms with Gasteiger partial charge in [-0.25, -0.2) is 0 Å². The Kier molecular flexibility index (Phi) is 25.0. The van der Waals surface area contributed by atoms with Crippen molar-refractivity contribution in [1.29, 1.82) is 0 Å². The first kappa shape index (κ1) is 29.1. The summed E-state index contributed by atoms with van der Waals surface area (Å²) in [5.74, 6) is -0.892. The number of esters is 1. The molecular weight excluding hydrogens is 352 g/mol. The van der Waals surface area contributed by atoms with Crippen molar-refractivity contribution in [2.75, 3.05) is 7.11 Å². The normalized spacial score (nSPS) is 11.4. The number of hydrogen-bond acceptors (Lipinski definition) is 3. The molecule has 0 aliphatic rings. The third-order valence-corrected chi connectivity index (χ3v) is 5.12. The summed E-state index contributed by atoms with van der Waals surface area (Å²) in [5, 5.41) is 8.68. The molecule has 0 aromatic rings. The lowest BCUT2D eigenvalue weighted by Gasteiger charge is -2.05. The van der Waals surface area contributed by atoms with Gasteiger partial charge in [0.25, 0.3) is 0 Å². The molecule has 0 heterocycles. The minimum Gasteiger partial charge on any atom is -0.481 e. The molecule has 0 spiro atoms. The molecule has 4 heteroatoms.